The van der Waals surface area contributed by atoms with Gasteiger partial charge in [-0.3, -0.25) is 14.9 Å². The Morgan fingerprint density at radius 3 is 2.38 bits per heavy atom. The van der Waals surface area contributed by atoms with Gasteiger partial charge in [-0.1, -0.05) is 0 Å². The summed E-state index contributed by atoms with van der Waals surface area (Å²) < 4.78 is 38.6. The number of aromatic nitrogens is 2. The van der Waals surface area contributed by atoms with Crippen LogP contribution in [0.2, 0.25) is 0 Å². The number of anilines is 1. The Labute approximate surface area is 163 Å². The summed E-state index contributed by atoms with van der Waals surface area (Å²) in [6.07, 6.45) is 0. The summed E-state index contributed by atoms with van der Waals surface area (Å²) in [5.41, 5.74) is 1.11. The summed E-state index contributed by atoms with van der Waals surface area (Å²) in [6.45, 7) is 0. The number of hydrogen-bond donors (Lipinski definition) is 1. The quantitative estimate of drug-likeness (QED) is 0.515. The van der Waals surface area contributed by atoms with E-state index >= 15 is 0 Å². The van der Waals surface area contributed by atoms with E-state index in [9.17, 15) is 27.7 Å². The number of rotatable bonds is 4. The molecule has 0 unspecified atom stereocenters. The van der Waals surface area contributed by atoms with E-state index in [2.05, 4.69) is 10.4 Å². The predicted octanol–water partition coefficient (Wildman–Crippen LogP) is 2.60. The molecule has 1 aliphatic rings. The molecular weight excluding hydrogens is 403 g/mol. The van der Waals surface area contributed by atoms with Crippen LogP contribution in [0.5, 0.6) is 0 Å². The molecule has 1 amide bonds. The number of non-ortho nitro benzene ring substituents is 1. The number of nitrogens with one attached hydrogen (secondary N) is 1. The first-order chi connectivity index (χ1) is 13.7. The Bertz CT molecular complexity index is 1230. The number of nitrogens with zero attached hydrogens (tertiary/aromatic N) is 3. The van der Waals surface area contributed by atoms with Crippen molar-refractivity contribution in [3.05, 3.63) is 81.3 Å². The minimum absolute atomic E-state index is 0.150. The van der Waals surface area contributed by atoms with E-state index in [0.29, 0.717) is 16.9 Å². The molecule has 0 atom stereocenters. The Morgan fingerprint density at radius 1 is 1.10 bits per heavy atom. The van der Waals surface area contributed by atoms with Crippen molar-refractivity contribution in [1.29, 1.82) is 0 Å². The molecule has 0 spiro atoms. The number of fused-ring (bicyclic) bond motifs is 1. The maximum Gasteiger partial charge on any atom is 0.269 e. The number of sulfone groups is 1. The largest absolute Gasteiger partial charge is 0.306 e. The van der Waals surface area contributed by atoms with E-state index in [1.807, 2.05) is 0 Å². The van der Waals surface area contributed by atoms with Crippen molar-refractivity contribution in [1.82, 2.24) is 9.78 Å². The third-order valence-electron chi connectivity index (χ3n) is 4.43. The van der Waals surface area contributed by atoms with Crippen molar-refractivity contribution in [3.8, 4) is 5.69 Å². The van der Waals surface area contributed by atoms with Gasteiger partial charge in [-0.15, -0.1) is 0 Å². The topological polar surface area (TPSA) is 124 Å². The molecule has 1 aromatic heterocycles. The Kier molecular flexibility index (Phi) is 4.38. The maximum atomic E-state index is 13.3. The van der Waals surface area contributed by atoms with E-state index in [-0.39, 0.29) is 28.6 Å². The zero-order valence-electron chi connectivity index (χ0n) is 14.7. The van der Waals surface area contributed by atoms with E-state index in [0.717, 1.165) is 0 Å². The third kappa shape index (κ3) is 3.59. The highest BCUT2D eigenvalue weighted by Gasteiger charge is 2.33. The number of carbonyl (C=O) groups excluding carboxylic acids is 1. The van der Waals surface area contributed by atoms with Gasteiger partial charge in [-0.05, 0) is 36.4 Å². The van der Waals surface area contributed by atoms with Crippen LogP contribution in [0, 0.1) is 15.9 Å². The number of nitro benzene ring substituents is 1. The second-order valence-corrected chi connectivity index (χ2v) is 8.52. The molecule has 4 rings (SSSR count). The minimum Gasteiger partial charge on any atom is -0.306 e. The highest BCUT2D eigenvalue weighted by atomic mass is 32.2. The van der Waals surface area contributed by atoms with Crippen molar-refractivity contribution in [2.45, 2.75) is 11.5 Å². The molecule has 1 aliphatic heterocycles. The van der Waals surface area contributed by atoms with Crippen molar-refractivity contribution in [2.75, 3.05) is 5.32 Å². The zero-order chi connectivity index (χ0) is 20.8. The van der Waals surface area contributed by atoms with Crippen LogP contribution in [0.4, 0.5) is 15.9 Å². The van der Waals surface area contributed by atoms with Crippen LogP contribution >= 0.6 is 0 Å². The Hall–Kier alpha value is -3.60. The maximum absolute atomic E-state index is 13.3. The molecule has 3 aromatic rings. The summed E-state index contributed by atoms with van der Waals surface area (Å²) in [5.74, 6) is -1.41. The predicted molar refractivity (Wildman–Crippen MR) is 101 cm³/mol. The fraction of sp³-hybridized carbons (Fsp3) is 0.111. The summed E-state index contributed by atoms with van der Waals surface area (Å²) in [5, 5.41) is 17.7. The fourth-order valence-corrected chi connectivity index (χ4v) is 4.55. The third-order valence-corrected chi connectivity index (χ3v) is 5.87. The second kappa shape index (κ2) is 6.78. The van der Waals surface area contributed by atoms with Crippen molar-refractivity contribution in [2.24, 2.45) is 0 Å². The molecule has 0 saturated carbocycles. The van der Waals surface area contributed by atoms with Crippen molar-refractivity contribution in [3.63, 3.8) is 0 Å². The van der Waals surface area contributed by atoms with Crippen molar-refractivity contribution < 1.29 is 22.5 Å². The first-order valence-electron chi connectivity index (χ1n) is 8.36. The molecule has 0 bridgehead atoms. The monoisotopic (exact) mass is 416 g/mol. The van der Waals surface area contributed by atoms with E-state index in [1.165, 1.54) is 53.2 Å². The second-order valence-electron chi connectivity index (χ2n) is 6.45. The lowest BCUT2D eigenvalue weighted by atomic mass is 10.2. The highest BCUT2D eigenvalue weighted by molar-refractivity contribution is 7.90. The van der Waals surface area contributed by atoms with Crippen LogP contribution in [-0.2, 0) is 21.3 Å². The fourth-order valence-electron chi connectivity index (χ4n) is 3.05. The molecule has 0 radical (unpaired) electrons. The number of carbonyl (C=O) groups is 1. The first kappa shape index (κ1) is 18.7. The average Bonchev–Trinajstić information content (AvgIpc) is 3.15. The number of hydrogen-bond acceptors (Lipinski definition) is 6. The molecule has 1 N–H and O–H groups in total. The molecule has 11 heteroatoms. The van der Waals surface area contributed by atoms with Crippen LogP contribution in [0.3, 0.4) is 0 Å². The summed E-state index contributed by atoms with van der Waals surface area (Å²) in [7, 11) is -3.37. The van der Waals surface area contributed by atoms with Gasteiger partial charge in [-0.2, -0.15) is 5.10 Å². The lowest BCUT2D eigenvalue weighted by molar-refractivity contribution is -0.384. The molecule has 148 valence electrons. The minimum atomic E-state index is -3.37. The van der Waals surface area contributed by atoms with E-state index < -0.39 is 26.5 Å². The van der Waals surface area contributed by atoms with Crippen LogP contribution in [0.1, 0.15) is 21.6 Å². The first-order valence-corrected chi connectivity index (χ1v) is 10.2. The molecule has 0 aliphatic carbocycles. The SMILES string of the molecule is O=C(Nc1c2c(nn1-c1ccc(F)cc1)CS(=O)(=O)C2)c1ccc([N+](=O)[O-])cc1. The normalized spacial score (nSPS) is 14.4. The van der Waals surface area contributed by atoms with Crippen LogP contribution in [-0.4, -0.2) is 29.0 Å². The summed E-state index contributed by atoms with van der Waals surface area (Å²) >= 11 is 0. The van der Waals surface area contributed by atoms with Gasteiger partial charge in [0.2, 0.25) is 0 Å². The molecule has 9 nitrogen and oxygen atoms in total. The van der Waals surface area contributed by atoms with Gasteiger partial charge in [-0.25, -0.2) is 17.5 Å². The molecular formula is C18H13FN4O5S. The molecule has 0 saturated heterocycles. The number of amides is 1. The lowest BCUT2D eigenvalue weighted by Crippen LogP contribution is -2.17. The van der Waals surface area contributed by atoms with Gasteiger partial charge in [0.05, 0.1) is 27.8 Å². The molecule has 2 aromatic carbocycles. The van der Waals surface area contributed by atoms with E-state index in [1.54, 1.807) is 0 Å². The van der Waals surface area contributed by atoms with Crippen molar-refractivity contribution >= 4 is 27.2 Å². The van der Waals surface area contributed by atoms with Gasteiger partial charge >= 0.3 is 0 Å². The van der Waals surface area contributed by atoms with Crippen LogP contribution in [0.15, 0.2) is 48.5 Å². The number of halogens is 1. The molecule has 29 heavy (non-hydrogen) atoms. The molecule has 0 fully saturated rings. The van der Waals surface area contributed by atoms with Gasteiger partial charge in [0, 0.05) is 23.3 Å². The standard InChI is InChI=1S/C18H13FN4O5S/c19-12-3-7-13(8-4-12)22-17(15-9-29(27,28)10-16(15)21-22)20-18(24)11-1-5-14(6-2-11)23(25)26/h1-8H,9-10H2,(H,20,24). The number of benzene rings is 2. The van der Waals surface area contributed by atoms with Gasteiger partial charge in [0.25, 0.3) is 11.6 Å². The van der Waals surface area contributed by atoms with Crippen LogP contribution in [0.25, 0.3) is 5.69 Å². The Balaban J connectivity index is 1.73. The van der Waals surface area contributed by atoms with Crippen LogP contribution < -0.4 is 5.32 Å². The number of nitro groups is 1. The summed E-state index contributed by atoms with van der Waals surface area (Å²) in [4.78, 5) is 22.8. The van der Waals surface area contributed by atoms with Gasteiger partial charge < -0.3 is 5.32 Å². The summed E-state index contributed by atoms with van der Waals surface area (Å²) in [6, 6.07) is 10.3. The average molecular weight is 416 g/mol. The highest BCUT2D eigenvalue weighted by Crippen LogP contribution is 2.33. The lowest BCUT2D eigenvalue weighted by Gasteiger charge is -2.11. The molecule has 2 heterocycles. The smallest absolute Gasteiger partial charge is 0.269 e. The van der Waals surface area contributed by atoms with E-state index in [4.69, 9.17) is 0 Å². The van der Waals surface area contributed by atoms with Gasteiger partial charge in [0.15, 0.2) is 9.84 Å². The Morgan fingerprint density at radius 2 is 1.76 bits per heavy atom. The zero-order valence-corrected chi connectivity index (χ0v) is 15.5. The van der Waals surface area contributed by atoms with Gasteiger partial charge in [0.1, 0.15) is 11.6 Å².